The zero-order valence-electron chi connectivity index (χ0n) is 19.6. The molecule has 5 nitrogen and oxygen atoms in total. The molecule has 1 aliphatic rings. The second-order valence-electron chi connectivity index (χ2n) is 8.82. The van der Waals surface area contributed by atoms with Gasteiger partial charge in [0.05, 0.1) is 13.2 Å². The third-order valence-electron chi connectivity index (χ3n) is 6.27. The van der Waals surface area contributed by atoms with Crippen LogP contribution in [0.3, 0.4) is 0 Å². The minimum Gasteiger partial charge on any atom is -0.395 e. The number of carbonyl (C=O) groups excluding carboxylic acids is 1. The zero-order valence-corrected chi connectivity index (χ0v) is 19.6. The van der Waals surface area contributed by atoms with Crippen LogP contribution < -0.4 is 5.32 Å². The standard InChI is InChI=1S/C29H32N2O3/c1-21-2-6-23(7-3-21)25-10-8-24-9-11-26(19-27(24)18-25)29(34)30-28-12-4-22(5-13-28)20-31(14-16-32)15-17-33/h2-8,10,12-13,18-19,32-33H,9,11,14-17,20H2,1H3,(H,30,34). The van der Waals surface area contributed by atoms with Crippen molar-refractivity contribution in [3.05, 3.63) is 94.6 Å². The van der Waals surface area contributed by atoms with Gasteiger partial charge in [0.25, 0.3) is 5.91 Å². The first-order chi connectivity index (χ1) is 16.6. The molecule has 4 rings (SSSR count). The van der Waals surface area contributed by atoms with Crippen LogP contribution in [0, 0.1) is 6.92 Å². The van der Waals surface area contributed by atoms with Crippen LogP contribution in [0.2, 0.25) is 0 Å². The number of hydrogen-bond acceptors (Lipinski definition) is 4. The highest BCUT2D eigenvalue weighted by Gasteiger charge is 2.17. The van der Waals surface area contributed by atoms with E-state index in [0.29, 0.717) is 19.6 Å². The molecule has 0 aliphatic heterocycles. The quantitative estimate of drug-likeness (QED) is 0.446. The maximum atomic E-state index is 13.0. The van der Waals surface area contributed by atoms with Crippen LogP contribution in [0.1, 0.15) is 28.7 Å². The Hall–Kier alpha value is -3.25. The molecule has 3 aromatic carbocycles. The van der Waals surface area contributed by atoms with Gasteiger partial charge in [-0.3, -0.25) is 9.69 Å². The molecule has 176 valence electrons. The Balaban J connectivity index is 1.44. The van der Waals surface area contributed by atoms with Crippen molar-refractivity contribution >= 4 is 17.7 Å². The third-order valence-corrected chi connectivity index (χ3v) is 6.27. The zero-order chi connectivity index (χ0) is 23.9. The number of nitrogens with one attached hydrogen (secondary N) is 1. The molecule has 0 atom stereocenters. The van der Waals surface area contributed by atoms with E-state index in [2.05, 4.69) is 54.7 Å². The monoisotopic (exact) mass is 456 g/mol. The molecule has 34 heavy (non-hydrogen) atoms. The second kappa shape index (κ2) is 11.3. The van der Waals surface area contributed by atoms with E-state index in [1.807, 2.05) is 35.2 Å². The predicted octanol–water partition coefficient (Wildman–Crippen LogP) is 4.42. The highest BCUT2D eigenvalue weighted by atomic mass is 16.3. The molecule has 0 heterocycles. The normalized spacial score (nSPS) is 12.9. The topological polar surface area (TPSA) is 72.8 Å². The van der Waals surface area contributed by atoms with E-state index in [9.17, 15) is 15.0 Å². The van der Waals surface area contributed by atoms with E-state index < -0.39 is 0 Å². The number of amides is 1. The van der Waals surface area contributed by atoms with Gasteiger partial charge in [-0.2, -0.15) is 0 Å². The van der Waals surface area contributed by atoms with E-state index >= 15 is 0 Å². The van der Waals surface area contributed by atoms with Gasteiger partial charge in [-0.25, -0.2) is 0 Å². The number of nitrogens with zero attached hydrogens (tertiary/aromatic N) is 1. The summed E-state index contributed by atoms with van der Waals surface area (Å²) in [5.74, 6) is -0.0682. The SMILES string of the molecule is Cc1ccc(-c2ccc3c(c2)C=C(C(=O)Nc2ccc(CN(CCO)CCO)cc2)CC3)cc1. The molecule has 1 amide bonds. The highest BCUT2D eigenvalue weighted by Crippen LogP contribution is 2.29. The third kappa shape index (κ3) is 6.00. The molecule has 0 bridgehead atoms. The lowest BCUT2D eigenvalue weighted by Gasteiger charge is -2.20. The lowest BCUT2D eigenvalue weighted by atomic mass is 9.89. The number of aliphatic hydroxyl groups is 2. The number of rotatable bonds is 9. The van der Waals surface area contributed by atoms with Crippen LogP contribution in [-0.4, -0.2) is 47.3 Å². The summed E-state index contributed by atoms with van der Waals surface area (Å²) in [6.45, 7) is 3.86. The fraction of sp³-hybridized carbons (Fsp3) is 0.276. The Morgan fingerprint density at radius 2 is 1.56 bits per heavy atom. The summed E-state index contributed by atoms with van der Waals surface area (Å²) in [5, 5.41) is 21.4. The first-order valence-electron chi connectivity index (χ1n) is 11.8. The van der Waals surface area contributed by atoms with Crippen LogP contribution in [-0.2, 0) is 17.8 Å². The molecule has 1 aliphatic carbocycles. The van der Waals surface area contributed by atoms with Crippen LogP contribution in [0.5, 0.6) is 0 Å². The molecule has 0 fully saturated rings. The van der Waals surface area contributed by atoms with Crippen molar-refractivity contribution < 1.29 is 15.0 Å². The lowest BCUT2D eigenvalue weighted by Crippen LogP contribution is -2.29. The van der Waals surface area contributed by atoms with Crippen molar-refractivity contribution in [3.8, 4) is 11.1 Å². The summed E-state index contributed by atoms with van der Waals surface area (Å²) in [6.07, 6.45) is 3.59. The number of benzene rings is 3. The van der Waals surface area contributed by atoms with E-state index in [1.54, 1.807) is 0 Å². The number of anilines is 1. The fourth-order valence-corrected chi connectivity index (χ4v) is 4.31. The van der Waals surface area contributed by atoms with E-state index in [0.717, 1.165) is 40.8 Å². The molecular formula is C29H32N2O3. The summed E-state index contributed by atoms with van der Waals surface area (Å²) in [6, 6.07) is 22.7. The van der Waals surface area contributed by atoms with Gasteiger partial charge in [0.15, 0.2) is 0 Å². The Morgan fingerprint density at radius 3 is 2.24 bits per heavy atom. The summed E-state index contributed by atoms with van der Waals surface area (Å²) >= 11 is 0. The van der Waals surface area contributed by atoms with Gasteiger partial charge in [-0.15, -0.1) is 0 Å². The maximum Gasteiger partial charge on any atom is 0.251 e. The number of fused-ring (bicyclic) bond motifs is 1. The van der Waals surface area contributed by atoms with Crippen molar-refractivity contribution in [1.82, 2.24) is 4.90 Å². The number of hydrogen-bond donors (Lipinski definition) is 3. The molecule has 0 aromatic heterocycles. The minimum absolute atomic E-state index is 0.0545. The molecule has 0 saturated carbocycles. The van der Waals surface area contributed by atoms with Crippen molar-refractivity contribution in [3.63, 3.8) is 0 Å². The van der Waals surface area contributed by atoms with Gasteiger partial charge in [-0.05, 0) is 71.9 Å². The van der Waals surface area contributed by atoms with Crippen molar-refractivity contribution in [2.24, 2.45) is 0 Å². The van der Waals surface area contributed by atoms with Crippen molar-refractivity contribution in [1.29, 1.82) is 0 Å². The summed E-state index contributed by atoms with van der Waals surface area (Å²) in [4.78, 5) is 14.9. The van der Waals surface area contributed by atoms with Gasteiger partial charge in [0, 0.05) is 30.9 Å². The molecular weight excluding hydrogens is 424 g/mol. The molecule has 0 unspecified atom stereocenters. The van der Waals surface area contributed by atoms with Gasteiger partial charge in [0.2, 0.25) is 0 Å². The average molecular weight is 457 g/mol. The fourth-order valence-electron chi connectivity index (χ4n) is 4.31. The Bertz CT molecular complexity index is 1140. The van der Waals surface area contributed by atoms with Crippen LogP contribution in [0.25, 0.3) is 17.2 Å². The van der Waals surface area contributed by atoms with Crippen LogP contribution >= 0.6 is 0 Å². The van der Waals surface area contributed by atoms with E-state index in [4.69, 9.17) is 0 Å². The van der Waals surface area contributed by atoms with E-state index in [-0.39, 0.29) is 19.1 Å². The molecule has 3 aromatic rings. The van der Waals surface area contributed by atoms with Gasteiger partial charge in [-0.1, -0.05) is 54.1 Å². The number of aliphatic hydroxyl groups excluding tert-OH is 2. The largest absolute Gasteiger partial charge is 0.395 e. The van der Waals surface area contributed by atoms with Crippen molar-refractivity contribution in [2.45, 2.75) is 26.3 Å². The Morgan fingerprint density at radius 1 is 0.882 bits per heavy atom. The molecule has 0 saturated heterocycles. The summed E-state index contributed by atoms with van der Waals surface area (Å²) in [5.41, 5.74) is 8.55. The first kappa shape index (κ1) is 23.9. The number of carbonyl (C=O) groups is 1. The summed E-state index contributed by atoms with van der Waals surface area (Å²) in [7, 11) is 0. The lowest BCUT2D eigenvalue weighted by molar-refractivity contribution is -0.112. The average Bonchev–Trinajstić information content (AvgIpc) is 2.85. The van der Waals surface area contributed by atoms with Crippen LogP contribution in [0.4, 0.5) is 5.69 Å². The smallest absolute Gasteiger partial charge is 0.251 e. The van der Waals surface area contributed by atoms with Crippen molar-refractivity contribution in [2.75, 3.05) is 31.6 Å². The van der Waals surface area contributed by atoms with Gasteiger partial charge in [0.1, 0.15) is 0 Å². The Kier molecular flexibility index (Phi) is 7.91. The molecule has 0 spiro atoms. The first-order valence-corrected chi connectivity index (χ1v) is 11.8. The highest BCUT2D eigenvalue weighted by molar-refractivity contribution is 6.07. The molecule has 0 radical (unpaired) electrons. The maximum absolute atomic E-state index is 13.0. The minimum atomic E-state index is -0.0682. The van der Waals surface area contributed by atoms with E-state index in [1.165, 1.54) is 16.7 Å². The van der Waals surface area contributed by atoms with Gasteiger partial charge >= 0.3 is 0 Å². The molecule has 3 N–H and O–H groups in total. The van der Waals surface area contributed by atoms with Gasteiger partial charge < -0.3 is 15.5 Å². The number of aryl methyl sites for hydroxylation is 2. The Labute approximate surface area is 201 Å². The predicted molar refractivity (Wildman–Crippen MR) is 137 cm³/mol. The van der Waals surface area contributed by atoms with Crippen LogP contribution in [0.15, 0.2) is 72.3 Å². The second-order valence-corrected chi connectivity index (χ2v) is 8.82. The molecule has 5 heteroatoms. The summed E-state index contributed by atoms with van der Waals surface area (Å²) < 4.78 is 0.